The minimum atomic E-state index is -0.197. The van der Waals surface area contributed by atoms with E-state index < -0.39 is 0 Å². The first-order valence-electron chi connectivity index (χ1n) is 6.29. The number of halogens is 2. The molecule has 0 aliphatic carbocycles. The zero-order valence-electron chi connectivity index (χ0n) is 11.1. The van der Waals surface area contributed by atoms with Crippen LogP contribution in [0.2, 0.25) is 0 Å². The van der Waals surface area contributed by atoms with Gasteiger partial charge in [0, 0.05) is 10.4 Å². The summed E-state index contributed by atoms with van der Waals surface area (Å²) in [4.78, 5) is 12.4. The molecule has 20 heavy (non-hydrogen) atoms. The van der Waals surface area contributed by atoms with E-state index in [0.29, 0.717) is 11.4 Å². The van der Waals surface area contributed by atoms with Crippen LogP contribution in [0.1, 0.15) is 27.5 Å². The van der Waals surface area contributed by atoms with Crippen LogP contribution in [0.3, 0.4) is 0 Å². The van der Waals surface area contributed by atoms with Gasteiger partial charge in [-0.3, -0.25) is 4.79 Å². The van der Waals surface area contributed by atoms with Gasteiger partial charge in [0.15, 0.2) is 0 Å². The fourth-order valence-electron chi connectivity index (χ4n) is 1.95. The Bertz CT molecular complexity index is 601. The van der Waals surface area contributed by atoms with Crippen LogP contribution < -0.4 is 5.32 Å². The third kappa shape index (κ3) is 3.62. The summed E-state index contributed by atoms with van der Waals surface area (Å²) in [6.07, 6.45) is 0. The fourth-order valence-corrected chi connectivity index (χ4v) is 2.63. The lowest BCUT2D eigenvalue weighted by atomic mass is 10.1. The predicted molar refractivity (Wildman–Crippen MR) is 86.2 cm³/mol. The number of carbonyl (C=O) groups excluding carboxylic acids is 1. The molecule has 0 radical (unpaired) electrons. The van der Waals surface area contributed by atoms with Crippen molar-refractivity contribution in [1.29, 1.82) is 0 Å². The number of benzene rings is 2. The van der Waals surface area contributed by atoms with Gasteiger partial charge in [-0.1, -0.05) is 42.0 Å². The van der Waals surface area contributed by atoms with Gasteiger partial charge < -0.3 is 5.32 Å². The van der Waals surface area contributed by atoms with Crippen molar-refractivity contribution in [2.24, 2.45) is 0 Å². The van der Waals surface area contributed by atoms with Crippen LogP contribution >= 0.6 is 27.5 Å². The maximum Gasteiger partial charge on any atom is 0.252 e. The largest absolute Gasteiger partial charge is 0.344 e. The average molecular weight is 353 g/mol. The maximum absolute atomic E-state index is 12.4. The Kier molecular flexibility index (Phi) is 5.21. The van der Waals surface area contributed by atoms with E-state index in [2.05, 4.69) is 21.2 Å². The van der Waals surface area contributed by atoms with Gasteiger partial charge >= 0.3 is 0 Å². The second-order valence-electron chi connectivity index (χ2n) is 4.57. The second-order valence-corrected chi connectivity index (χ2v) is 5.74. The molecule has 2 rings (SSSR count). The van der Waals surface area contributed by atoms with Crippen molar-refractivity contribution in [2.45, 2.75) is 13.0 Å². The number of alkyl halides is 1. The van der Waals surface area contributed by atoms with E-state index in [-0.39, 0.29) is 11.9 Å². The average Bonchev–Trinajstić information content (AvgIpc) is 2.48. The molecule has 1 atom stereocenters. The number of aryl methyl sites for hydroxylation is 1. The third-order valence-electron chi connectivity index (χ3n) is 3.03. The Morgan fingerprint density at radius 1 is 1.25 bits per heavy atom. The Balaban J connectivity index is 2.20. The third-order valence-corrected chi connectivity index (χ3v) is 4.03. The number of hydrogen-bond donors (Lipinski definition) is 1. The smallest absolute Gasteiger partial charge is 0.252 e. The standard InChI is InChI=1S/C16H15BrClNO/c1-11-7-8-14(17)13(9-11)16(20)19-15(10-18)12-5-3-2-4-6-12/h2-9,15H,10H2,1H3,(H,19,20). The molecular weight excluding hydrogens is 338 g/mol. The lowest BCUT2D eigenvalue weighted by Gasteiger charge is -2.17. The number of hydrogen-bond acceptors (Lipinski definition) is 1. The Morgan fingerprint density at radius 2 is 1.95 bits per heavy atom. The van der Waals surface area contributed by atoms with Crippen LogP contribution in [0.15, 0.2) is 53.0 Å². The monoisotopic (exact) mass is 351 g/mol. The second kappa shape index (κ2) is 6.91. The van der Waals surface area contributed by atoms with E-state index in [9.17, 15) is 4.79 Å². The molecule has 0 spiro atoms. The molecule has 0 bridgehead atoms. The first-order valence-corrected chi connectivity index (χ1v) is 7.62. The quantitative estimate of drug-likeness (QED) is 0.808. The normalized spacial score (nSPS) is 11.9. The van der Waals surface area contributed by atoms with Crippen molar-refractivity contribution in [3.8, 4) is 0 Å². The molecule has 0 aliphatic heterocycles. The molecule has 2 aromatic carbocycles. The van der Waals surface area contributed by atoms with Gasteiger partial charge in [0.2, 0.25) is 0 Å². The van der Waals surface area contributed by atoms with Gasteiger partial charge in [0.25, 0.3) is 5.91 Å². The van der Waals surface area contributed by atoms with Crippen molar-refractivity contribution < 1.29 is 4.79 Å². The molecule has 0 fully saturated rings. The zero-order chi connectivity index (χ0) is 14.5. The summed E-state index contributed by atoms with van der Waals surface area (Å²) < 4.78 is 0.780. The van der Waals surface area contributed by atoms with Crippen LogP contribution in [-0.2, 0) is 0 Å². The highest BCUT2D eigenvalue weighted by Gasteiger charge is 2.16. The van der Waals surface area contributed by atoms with Gasteiger partial charge in [-0.25, -0.2) is 0 Å². The zero-order valence-corrected chi connectivity index (χ0v) is 13.4. The first-order chi connectivity index (χ1) is 9.61. The summed E-state index contributed by atoms with van der Waals surface area (Å²) in [5.74, 6) is 0.203. The molecule has 1 N–H and O–H groups in total. The molecular formula is C16H15BrClNO. The fraction of sp³-hybridized carbons (Fsp3) is 0.188. The minimum absolute atomic E-state index is 0.130. The van der Waals surface area contributed by atoms with E-state index in [0.717, 1.165) is 15.6 Å². The van der Waals surface area contributed by atoms with Crippen molar-refractivity contribution in [1.82, 2.24) is 5.32 Å². The molecule has 1 amide bonds. The number of nitrogens with one attached hydrogen (secondary N) is 1. The summed E-state index contributed by atoms with van der Waals surface area (Å²) >= 11 is 9.38. The van der Waals surface area contributed by atoms with Crippen molar-refractivity contribution in [3.63, 3.8) is 0 Å². The van der Waals surface area contributed by atoms with Crippen LogP contribution in [-0.4, -0.2) is 11.8 Å². The van der Waals surface area contributed by atoms with Crippen LogP contribution in [0.25, 0.3) is 0 Å². The Labute approximate surface area is 132 Å². The predicted octanol–water partition coefficient (Wildman–Crippen LogP) is 4.47. The van der Waals surface area contributed by atoms with Crippen molar-refractivity contribution >= 4 is 33.4 Å². The molecule has 4 heteroatoms. The van der Waals surface area contributed by atoms with E-state index in [1.807, 2.05) is 55.5 Å². The molecule has 2 aromatic rings. The number of rotatable bonds is 4. The molecule has 0 heterocycles. The SMILES string of the molecule is Cc1ccc(Br)c(C(=O)NC(CCl)c2ccccc2)c1. The van der Waals surface area contributed by atoms with Crippen molar-refractivity contribution in [2.75, 3.05) is 5.88 Å². The molecule has 0 saturated heterocycles. The van der Waals surface area contributed by atoms with Gasteiger partial charge in [0.1, 0.15) is 0 Å². The number of carbonyl (C=O) groups is 1. The van der Waals surface area contributed by atoms with E-state index in [1.165, 1.54) is 0 Å². The number of amides is 1. The van der Waals surface area contributed by atoms with Gasteiger partial charge in [0.05, 0.1) is 11.6 Å². The van der Waals surface area contributed by atoms with Crippen LogP contribution in [0.5, 0.6) is 0 Å². The summed E-state index contributed by atoms with van der Waals surface area (Å²) in [5, 5.41) is 2.97. The molecule has 0 aromatic heterocycles. The Morgan fingerprint density at radius 3 is 2.60 bits per heavy atom. The molecule has 0 saturated carbocycles. The van der Waals surface area contributed by atoms with Crippen LogP contribution in [0, 0.1) is 6.92 Å². The molecule has 1 unspecified atom stereocenters. The lowest BCUT2D eigenvalue weighted by Crippen LogP contribution is -2.29. The van der Waals surface area contributed by atoms with Gasteiger partial charge in [-0.05, 0) is 40.5 Å². The van der Waals surface area contributed by atoms with Gasteiger partial charge in [-0.15, -0.1) is 11.6 Å². The maximum atomic E-state index is 12.4. The summed E-state index contributed by atoms with van der Waals surface area (Å²) in [6, 6.07) is 15.2. The van der Waals surface area contributed by atoms with E-state index in [4.69, 9.17) is 11.6 Å². The van der Waals surface area contributed by atoms with Crippen LogP contribution in [0.4, 0.5) is 0 Å². The van der Waals surface area contributed by atoms with Crippen molar-refractivity contribution in [3.05, 3.63) is 69.7 Å². The summed E-state index contributed by atoms with van der Waals surface area (Å²) in [5.41, 5.74) is 2.66. The highest BCUT2D eigenvalue weighted by atomic mass is 79.9. The minimum Gasteiger partial charge on any atom is -0.344 e. The van der Waals surface area contributed by atoms with Gasteiger partial charge in [-0.2, -0.15) is 0 Å². The molecule has 2 nitrogen and oxygen atoms in total. The highest BCUT2D eigenvalue weighted by Crippen LogP contribution is 2.20. The van der Waals surface area contributed by atoms with E-state index in [1.54, 1.807) is 0 Å². The molecule has 104 valence electrons. The summed E-state index contributed by atoms with van der Waals surface area (Å²) in [7, 11) is 0. The first kappa shape index (κ1) is 15.1. The topological polar surface area (TPSA) is 29.1 Å². The lowest BCUT2D eigenvalue weighted by molar-refractivity contribution is 0.0939. The van der Waals surface area contributed by atoms with E-state index >= 15 is 0 Å². The highest BCUT2D eigenvalue weighted by molar-refractivity contribution is 9.10. The molecule has 0 aliphatic rings. The Hall–Kier alpha value is -1.32. The summed E-state index contributed by atoms with van der Waals surface area (Å²) in [6.45, 7) is 1.96.